The van der Waals surface area contributed by atoms with Gasteiger partial charge >= 0.3 is 0 Å². The van der Waals surface area contributed by atoms with Crippen LogP contribution in [-0.2, 0) is 4.79 Å². The van der Waals surface area contributed by atoms with Gasteiger partial charge in [0, 0.05) is 31.7 Å². The largest absolute Gasteiger partial charge is 0.461 e. The molecule has 0 bridgehead atoms. The van der Waals surface area contributed by atoms with Gasteiger partial charge in [0.05, 0.1) is 12.2 Å². The van der Waals surface area contributed by atoms with Gasteiger partial charge in [-0.1, -0.05) is 0 Å². The third kappa shape index (κ3) is 3.06. The number of ether oxygens (including phenoxy) is 1. The number of benzene rings is 1. The van der Waals surface area contributed by atoms with E-state index < -0.39 is 6.23 Å². The molecule has 0 aliphatic carbocycles. The number of Topliss-reactive ketones (excluding diaryl/α,β-unsaturated/α-hetero) is 1. The Bertz CT molecular complexity index is 553. The van der Waals surface area contributed by atoms with Crippen LogP contribution < -0.4 is 10.1 Å². The van der Waals surface area contributed by atoms with E-state index in [1.54, 1.807) is 18.2 Å². The highest BCUT2D eigenvalue weighted by atomic mass is 16.5. The van der Waals surface area contributed by atoms with Gasteiger partial charge in [0.15, 0.2) is 12.1 Å². The van der Waals surface area contributed by atoms with Crippen molar-refractivity contribution in [2.24, 2.45) is 0 Å². The van der Waals surface area contributed by atoms with Crippen LogP contribution in [0, 0.1) is 0 Å². The fraction of sp³-hybridized carbons (Fsp3) is 0.467. The Kier molecular flexibility index (Phi) is 3.90. The van der Waals surface area contributed by atoms with E-state index in [4.69, 9.17) is 4.74 Å². The Morgan fingerprint density at radius 3 is 2.86 bits per heavy atom. The number of fused-ring (bicyclic) bond motifs is 1. The summed E-state index contributed by atoms with van der Waals surface area (Å²) >= 11 is 0. The number of rotatable bonds is 4. The Morgan fingerprint density at radius 2 is 2.14 bits per heavy atom. The van der Waals surface area contributed by atoms with Gasteiger partial charge in [0.1, 0.15) is 5.75 Å². The predicted octanol–water partition coefficient (Wildman–Crippen LogP) is 0.446. The smallest absolute Gasteiger partial charge is 0.226 e. The number of piperazine rings is 1. The lowest BCUT2D eigenvalue weighted by Crippen LogP contribution is -2.46. The number of carbonyl (C=O) groups excluding carboxylic acids is 2. The predicted molar refractivity (Wildman–Crippen MR) is 78.8 cm³/mol. The van der Waals surface area contributed by atoms with Gasteiger partial charge in [-0.15, -0.1) is 0 Å². The molecule has 1 saturated heterocycles. The van der Waals surface area contributed by atoms with Gasteiger partial charge in [0.2, 0.25) is 6.23 Å². The zero-order valence-corrected chi connectivity index (χ0v) is 12.0. The highest BCUT2D eigenvalue weighted by Gasteiger charge is 2.23. The molecule has 6 heteroatoms. The summed E-state index contributed by atoms with van der Waals surface area (Å²) < 4.78 is 5.40. The highest BCUT2D eigenvalue weighted by molar-refractivity contribution is 5.98. The molecule has 0 spiro atoms. The number of carbonyl (C=O) groups is 2. The number of nitrogens with zero attached hydrogens (tertiary/aromatic N) is 2. The topological polar surface area (TPSA) is 61.9 Å². The van der Waals surface area contributed by atoms with Crippen molar-refractivity contribution >= 4 is 17.8 Å². The molecule has 1 fully saturated rings. The number of hydrogen-bond acceptors (Lipinski definition) is 6. The van der Waals surface area contributed by atoms with Crippen LogP contribution in [0.1, 0.15) is 10.4 Å². The number of anilines is 1. The van der Waals surface area contributed by atoms with Gasteiger partial charge in [-0.2, -0.15) is 0 Å². The van der Waals surface area contributed by atoms with Gasteiger partial charge in [0.25, 0.3) is 0 Å². The zero-order chi connectivity index (χ0) is 14.8. The van der Waals surface area contributed by atoms with E-state index in [1.807, 2.05) is 0 Å². The van der Waals surface area contributed by atoms with Crippen molar-refractivity contribution in [2.45, 2.75) is 6.23 Å². The summed E-state index contributed by atoms with van der Waals surface area (Å²) in [6.45, 7) is 4.24. The van der Waals surface area contributed by atoms with Crippen LogP contribution in [-0.4, -0.2) is 67.9 Å². The average molecular weight is 289 g/mol. The molecule has 2 aliphatic rings. The molecule has 2 aliphatic heterocycles. The maximum absolute atomic E-state index is 12.3. The van der Waals surface area contributed by atoms with E-state index in [-0.39, 0.29) is 5.78 Å². The first-order chi connectivity index (χ1) is 10.2. The summed E-state index contributed by atoms with van der Waals surface area (Å²) in [5.74, 6) is 0.650. The molecule has 3 rings (SSSR count). The molecule has 6 nitrogen and oxygen atoms in total. The van der Waals surface area contributed by atoms with Crippen molar-refractivity contribution in [2.75, 3.05) is 45.1 Å². The third-order valence-corrected chi connectivity index (χ3v) is 3.94. The summed E-state index contributed by atoms with van der Waals surface area (Å²) in [4.78, 5) is 27.5. The summed E-state index contributed by atoms with van der Waals surface area (Å²) in [7, 11) is 2.09. The molecule has 0 aromatic heterocycles. The lowest BCUT2D eigenvalue weighted by molar-refractivity contribution is -0.112. The first-order valence-electron chi connectivity index (χ1n) is 7.12. The van der Waals surface area contributed by atoms with Crippen molar-refractivity contribution in [3.8, 4) is 5.75 Å². The Morgan fingerprint density at radius 1 is 1.38 bits per heavy atom. The van der Waals surface area contributed by atoms with Crippen LogP contribution in [0.4, 0.5) is 5.69 Å². The summed E-state index contributed by atoms with van der Waals surface area (Å²) in [6.07, 6.45) is 0.0501. The monoisotopic (exact) mass is 289 g/mol. The second-order valence-electron chi connectivity index (χ2n) is 5.53. The number of ketones is 1. The van der Waals surface area contributed by atoms with Crippen LogP contribution in [0.3, 0.4) is 0 Å². The fourth-order valence-electron chi connectivity index (χ4n) is 2.59. The lowest BCUT2D eigenvalue weighted by atomic mass is 10.1. The van der Waals surface area contributed by atoms with E-state index in [0.717, 1.165) is 31.9 Å². The van der Waals surface area contributed by atoms with Crippen molar-refractivity contribution < 1.29 is 14.3 Å². The summed E-state index contributed by atoms with van der Waals surface area (Å²) in [5, 5.41) is 2.92. The lowest BCUT2D eigenvalue weighted by Gasteiger charge is -2.31. The van der Waals surface area contributed by atoms with E-state index >= 15 is 0 Å². The van der Waals surface area contributed by atoms with Gasteiger partial charge < -0.3 is 15.0 Å². The SMILES string of the molecule is CN1CCN(CC(=O)c2ccc3c(c2)OC(C=O)N3)CC1. The minimum absolute atomic E-state index is 0.0838. The minimum atomic E-state index is -0.650. The molecular weight excluding hydrogens is 270 g/mol. The fourth-order valence-corrected chi connectivity index (χ4v) is 2.59. The van der Waals surface area contributed by atoms with Gasteiger partial charge in [-0.05, 0) is 25.2 Å². The maximum Gasteiger partial charge on any atom is 0.226 e. The van der Waals surface area contributed by atoms with E-state index in [2.05, 4.69) is 22.2 Å². The molecule has 1 unspecified atom stereocenters. The van der Waals surface area contributed by atoms with Crippen LogP contribution in [0.15, 0.2) is 18.2 Å². The minimum Gasteiger partial charge on any atom is -0.461 e. The zero-order valence-electron chi connectivity index (χ0n) is 12.0. The average Bonchev–Trinajstić information content (AvgIpc) is 2.91. The van der Waals surface area contributed by atoms with E-state index in [0.29, 0.717) is 24.1 Å². The van der Waals surface area contributed by atoms with Crippen molar-refractivity contribution in [3.05, 3.63) is 23.8 Å². The maximum atomic E-state index is 12.3. The van der Waals surface area contributed by atoms with Crippen LogP contribution in [0.25, 0.3) is 0 Å². The Balaban J connectivity index is 1.65. The Labute approximate surface area is 123 Å². The van der Waals surface area contributed by atoms with Gasteiger partial charge in [-0.25, -0.2) is 0 Å². The van der Waals surface area contributed by atoms with E-state index in [9.17, 15) is 9.59 Å². The molecular formula is C15H19N3O3. The van der Waals surface area contributed by atoms with Crippen molar-refractivity contribution in [1.82, 2.24) is 9.80 Å². The quantitative estimate of drug-likeness (QED) is 0.641. The number of aldehydes is 1. The normalized spacial score (nSPS) is 22.2. The van der Waals surface area contributed by atoms with E-state index in [1.165, 1.54) is 0 Å². The molecule has 112 valence electrons. The summed E-state index contributed by atoms with van der Waals surface area (Å²) in [6, 6.07) is 5.28. The van der Waals surface area contributed by atoms with Gasteiger partial charge in [-0.3, -0.25) is 14.5 Å². The van der Waals surface area contributed by atoms with Crippen molar-refractivity contribution in [3.63, 3.8) is 0 Å². The second-order valence-corrected chi connectivity index (χ2v) is 5.53. The molecule has 0 radical (unpaired) electrons. The van der Waals surface area contributed by atoms with Crippen LogP contribution in [0.2, 0.25) is 0 Å². The standard InChI is InChI=1S/C15H19N3O3/c1-17-4-6-18(7-5-17)9-13(20)11-2-3-12-14(8-11)21-15(10-19)16-12/h2-3,8,10,15-16H,4-7,9H2,1H3. The first-order valence-corrected chi connectivity index (χ1v) is 7.12. The third-order valence-electron chi connectivity index (χ3n) is 3.94. The Hall–Kier alpha value is -1.92. The molecule has 1 N–H and O–H groups in total. The molecule has 21 heavy (non-hydrogen) atoms. The molecule has 0 amide bonds. The number of hydrogen-bond donors (Lipinski definition) is 1. The molecule has 1 aromatic rings. The second kappa shape index (κ2) is 5.83. The number of likely N-dealkylation sites (N-methyl/N-ethyl adjacent to an activating group) is 1. The molecule has 2 heterocycles. The first kappa shape index (κ1) is 14.0. The summed E-state index contributed by atoms with van der Waals surface area (Å²) in [5.41, 5.74) is 1.38. The van der Waals surface area contributed by atoms with Crippen LogP contribution in [0.5, 0.6) is 5.75 Å². The number of nitrogens with one attached hydrogen (secondary N) is 1. The molecule has 0 saturated carbocycles. The molecule has 1 aromatic carbocycles. The van der Waals surface area contributed by atoms with Crippen LogP contribution >= 0.6 is 0 Å². The highest BCUT2D eigenvalue weighted by Crippen LogP contribution is 2.32. The molecule has 1 atom stereocenters. The van der Waals surface area contributed by atoms with Crippen molar-refractivity contribution in [1.29, 1.82) is 0 Å².